The molecule has 0 N–H and O–H groups in total. The highest BCUT2D eigenvalue weighted by molar-refractivity contribution is 5.95. The van der Waals surface area contributed by atoms with E-state index in [1.807, 2.05) is 30.3 Å². The molecule has 92 valence electrons. The molecule has 4 nitrogen and oxygen atoms in total. The molecule has 1 aromatic heterocycles. The van der Waals surface area contributed by atoms with Crippen LogP contribution in [0.2, 0.25) is 0 Å². The zero-order valence-electron chi connectivity index (χ0n) is 10.2. The van der Waals surface area contributed by atoms with Crippen LogP contribution in [0.25, 0.3) is 11.1 Å². The largest absolute Gasteiger partial charge is 0.497 e. The van der Waals surface area contributed by atoms with E-state index < -0.39 is 5.97 Å². The van der Waals surface area contributed by atoms with Crippen LogP contribution in [0.1, 0.15) is 10.5 Å². The lowest BCUT2D eigenvalue weighted by Crippen LogP contribution is -2.06. The Bertz CT molecular complexity index is 566. The van der Waals surface area contributed by atoms with Gasteiger partial charge in [-0.25, -0.2) is 9.78 Å². The van der Waals surface area contributed by atoms with Crippen LogP contribution in [-0.4, -0.2) is 25.2 Å². The summed E-state index contributed by atoms with van der Waals surface area (Å²) in [5.74, 6) is 0.278. The van der Waals surface area contributed by atoms with Crippen molar-refractivity contribution in [2.45, 2.75) is 0 Å². The monoisotopic (exact) mass is 243 g/mol. The molecule has 0 aliphatic heterocycles. The molecule has 0 spiro atoms. The van der Waals surface area contributed by atoms with Crippen LogP contribution in [0.4, 0.5) is 0 Å². The van der Waals surface area contributed by atoms with Crippen molar-refractivity contribution in [1.29, 1.82) is 0 Å². The minimum absolute atomic E-state index is 0.299. The number of pyridine rings is 1. The molecule has 0 aliphatic carbocycles. The number of carbonyl (C=O) groups excluding carboxylic acids is 1. The number of nitrogens with zero attached hydrogens (tertiary/aromatic N) is 1. The second-order valence-electron chi connectivity index (χ2n) is 3.62. The van der Waals surface area contributed by atoms with Crippen LogP contribution in [-0.2, 0) is 4.74 Å². The summed E-state index contributed by atoms with van der Waals surface area (Å²) in [7, 11) is 2.94. The molecule has 0 aliphatic rings. The van der Waals surface area contributed by atoms with Gasteiger partial charge in [-0.1, -0.05) is 18.2 Å². The summed E-state index contributed by atoms with van der Waals surface area (Å²) in [5, 5.41) is 0. The Labute approximate surface area is 105 Å². The molecule has 1 aromatic carbocycles. The smallest absolute Gasteiger partial charge is 0.357 e. The van der Waals surface area contributed by atoms with Crippen LogP contribution >= 0.6 is 0 Å². The standard InChI is InChI=1S/C14H13NO3/c1-17-11-6-3-5-10(9-11)12-7-4-8-15-13(12)14(16)18-2/h3-9H,1-2H3. The summed E-state index contributed by atoms with van der Waals surface area (Å²) in [6.45, 7) is 0. The van der Waals surface area contributed by atoms with Gasteiger partial charge in [-0.15, -0.1) is 0 Å². The number of hydrogen-bond acceptors (Lipinski definition) is 4. The molecule has 0 saturated carbocycles. The molecule has 0 bridgehead atoms. The maximum absolute atomic E-state index is 11.6. The van der Waals surface area contributed by atoms with Crippen molar-refractivity contribution >= 4 is 5.97 Å². The summed E-state index contributed by atoms with van der Waals surface area (Å²) < 4.78 is 9.89. The molecule has 0 amide bonds. The molecule has 1 heterocycles. The van der Waals surface area contributed by atoms with Gasteiger partial charge in [0.15, 0.2) is 5.69 Å². The Hall–Kier alpha value is -2.36. The van der Waals surface area contributed by atoms with Gasteiger partial charge in [0.25, 0.3) is 0 Å². The fourth-order valence-corrected chi connectivity index (χ4v) is 1.69. The minimum Gasteiger partial charge on any atom is -0.497 e. The SMILES string of the molecule is COC(=O)c1ncccc1-c1cccc(OC)c1. The number of ether oxygens (including phenoxy) is 2. The van der Waals surface area contributed by atoms with Gasteiger partial charge in [-0.05, 0) is 23.8 Å². The maximum atomic E-state index is 11.6. The first-order valence-corrected chi connectivity index (χ1v) is 5.44. The van der Waals surface area contributed by atoms with Crippen molar-refractivity contribution in [2.75, 3.05) is 14.2 Å². The van der Waals surface area contributed by atoms with Crippen LogP contribution in [0, 0.1) is 0 Å². The average molecular weight is 243 g/mol. The quantitative estimate of drug-likeness (QED) is 0.777. The molecule has 0 unspecified atom stereocenters. The second-order valence-corrected chi connectivity index (χ2v) is 3.62. The summed E-state index contributed by atoms with van der Waals surface area (Å²) in [6.07, 6.45) is 1.57. The topological polar surface area (TPSA) is 48.4 Å². The number of carbonyl (C=O) groups is 1. The van der Waals surface area contributed by atoms with Gasteiger partial charge >= 0.3 is 5.97 Å². The van der Waals surface area contributed by atoms with Crippen LogP contribution in [0.3, 0.4) is 0 Å². The number of benzene rings is 1. The number of rotatable bonds is 3. The summed E-state index contributed by atoms with van der Waals surface area (Å²) in [6, 6.07) is 11.1. The molecule has 2 rings (SSSR count). The first kappa shape index (κ1) is 12.1. The molecule has 2 aromatic rings. The Morgan fingerprint density at radius 2 is 2.00 bits per heavy atom. The first-order chi connectivity index (χ1) is 8.76. The van der Waals surface area contributed by atoms with Crippen LogP contribution in [0.15, 0.2) is 42.6 Å². The Morgan fingerprint density at radius 1 is 1.17 bits per heavy atom. The molecule has 0 radical (unpaired) electrons. The third-order valence-corrected chi connectivity index (χ3v) is 2.57. The van der Waals surface area contributed by atoms with Gasteiger partial charge < -0.3 is 9.47 Å². The number of hydrogen-bond donors (Lipinski definition) is 0. The molecular formula is C14H13NO3. The molecule has 0 fully saturated rings. The fraction of sp³-hybridized carbons (Fsp3) is 0.143. The summed E-state index contributed by atoms with van der Waals surface area (Å²) in [4.78, 5) is 15.7. The molecular weight excluding hydrogens is 230 g/mol. The van der Waals surface area contributed by atoms with E-state index in [1.54, 1.807) is 19.4 Å². The van der Waals surface area contributed by atoms with Crippen molar-refractivity contribution in [2.24, 2.45) is 0 Å². The highest BCUT2D eigenvalue weighted by Gasteiger charge is 2.14. The van der Waals surface area contributed by atoms with Crippen molar-refractivity contribution in [1.82, 2.24) is 4.98 Å². The van der Waals surface area contributed by atoms with E-state index in [1.165, 1.54) is 7.11 Å². The highest BCUT2D eigenvalue weighted by Crippen LogP contribution is 2.26. The molecule has 0 atom stereocenters. The van der Waals surface area contributed by atoms with Gasteiger partial charge in [0.05, 0.1) is 14.2 Å². The van der Waals surface area contributed by atoms with Crippen molar-refractivity contribution in [3.05, 3.63) is 48.3 Å². The summed E-state index contributed by atoms with van der Waals surface area (Å²) >= 11 is 0. The van der Waals surface area contributed by atoms with E-state index in [2.05, 4.69) is 4.98 Å². The predicted octanol–water partition coefficient (Wildman–Crippen LogP) is 2.54. The lowest BCUT2D eigenvalue weighted by molar-refractivity contribution is 0.0595. The van der Waals surface area contributed by atoms with E-state index in [4.69, 9.17) is 9.47 Å². The fourth-order valence-electron chi connectivity index (χ4n) is 1.69. The number of methoxy groups -OCH3 is 2. The van der Waals surface area contributed by atoms with Gasteiger partial charge in [0.2, 0.25) is 0 Å². The van der Waals surface area contributed by atoms with Crippen molar-refractivity contribution in [3.63, 3.8) is 0 Å². The van der Waals surface area contributed by atoms with Crippen molar-refractivity contribution < 1.29 is 14.3 Å². The van der Waals surface area contributed by atoms with Gasteiger partial charge in [0.1, 0.15) is 5.75 Å². The van der Waals surface area contributed by atoms with Gasteiger partial charge in [-0.3, -0.25) is 0 Å². The van der Waals surface area contributed by atoms with E-state index in [9.17, 15) is 4.79 Å². The van der Waals surface area contributed by atoms with E-state index in [0.29, 0.717) is 5.69 Å². The second kappa shape index (κ2) is 5.31. The predicted molar refractivity (Wildman–Crippen MR) is 67.6 cm³/mol. The van der Waals surface area contributed by atoms with E-state index in [0.717, 1.165) is 16.9 Å². The van der Waals surface area contributed by atoms with Crippen LogP contribution < -0.4 is 4.74 Å². The number of esters is 1. The molecule has 18 heavy (non-hydrogen) atoms. The Kier molecular flexibility index (Phi) is 3.57. The first-order valence-electron chi connectivity index (χ1n) is 5.44. The average Bonchev–Trinajstić information content (AvgIpc) is 2.46. The maximum Gasteiger partial charge on any atom is 0.357 e. The lowest BCUT2D eigenvalue weighted by Gasteiger charge is -2.08. The third-order valence-electron chi connectivity index (χ3n) is 2.57. The summed E-state index contributed by atoms with van der Waals surface area (Å²) in [5.41, 5.74) is 1.89. The normalized spacial score (nSPS) is 9.89. The molecule has 4 heteroatoms. The lowest BCUT2D eigenvalue weighted by atomic mass is 10.0. The highest BCUT2D eigenvalue weighted by atomic mass is 16.5. The minimum atomic E-state index is -0.451. The Balaban J connectivity index is 2.53. The zero-order valence-corrected chi connectivity index (χ0v) is 10.2. The molecule has 0 saturated heterocycles. The third kappa shape index (κ3) is 2.32. The van der Waals surface area contributed by atoms with Gasteiger partial charge in [0, 0.05) is 11.8 Å². The van der Waals surface area contributed by atoms with Gasteiger partial charge in [-0.2, -0.15) is 0 Å². The Morgan fingerprint density at radius 3 is 2.72 bits per heavy atom. The zero-order chi connectivity index (χ0) is 13.0. The van der Waals surface area contributed by atoms with E-state index in [-0.39, 0.29) is 0 Å². The van der Waals surface area contributed by atoms with Crippen molar-refractivity contribution in [3.8, 4) is 16.9 Å². The number of aromatic nitrogens is 1. The van der Waals surface area contributed by atoms with Crippen LogP contribution in [0.5, 0.6) is 5.75 Å². The van der Waals surface area contributed by atoms with E-state index >= 15 is 0 Å².